The Labute approximate surface area is 111 Å². The maximum absolute atomic E-state index is 13.7. The monoisotopic (exact) mass is 283 g/mol. The number of anilines is 1. The summed E-state index contributed by atoms with van der Waals surface area (Å²) in [5.41, 5.74) is 3.53. The second kappa shape index (κ2) is 4.96. The average molecular weight is 283 g/mol. The van der Waals surface area contributed by atoms with E-state index in [-0.39, 0.29) is 5.56 Å². The molecule has 0 atom stereocenters. The minimum absolute atomic E-state index is 0.0122. The van der Waals surface area contributed by atoms with E-state index in [9.17, 15) is 22.4 Å². The first-order valence-corrected chi connectivity index (χ1v) is 5.56. The molecule has 2 aromatic rings. The summed E-state index contributed by atoms with van der Waals surface area (Å²) in [5.74, 6) is -5.12. The second-order valence-electron chi connectivity index (χ2n) is 4.26. The molecule has 6 heteroatoms. The Bertz CT molecular complexity index is 653. The maximum Gasteiger partial charge on any atom is 0.199 e. The predicted molar refractivity (Wildman–Crippen MR) is 65.3 cm³/mol. The van der Waals surface area contributed by atoms with Crippen molar-refractivity contribution in [2.24, 2.45) is 0 Å². The van der Waals surface area contributed by atoms with E-state index >= 15 is 0 Å². The Kier molecular flexibility index (Phi) is 3.48. The summed E-state index contributed by atoms with van der Waals surface area (Å²) >= 11 is 0. The number of aryl methyl sites for hydroxylation is 1. The normalized spacial score (nSPS) is 10.7. The van der Waals surface area contributed by atoms with Gasteiger partial charge in [-0.05, 0) is 30.7 Å². The molecular weight excluding hydrogens is 274 g/mol. The number of benzene rings is 2. The van der Waals surface area contributed by atoms with Crippen LogP contribution in [0, 0.1) is 30.2 Å². The lowest BCUT2D eigenvalue weighted by Crippen LogP contribution is -2.09. The zero-order valence-corrected chi connectivity index (χ0v) is 10.3. The number of nitrogens with two attached hydrogens (primary N) is 1. The highest BCUT2D eigenvalue weighted by molar-refractivity contribution is 6.09. The molecule has 2 rings (SSSR count). The number of halogens is 4. The van der Waals surface area contributed by atoms with Gasteiger partial charge in [0.1, 0.15) is 23.3 Å². The number of hydrogen-bond acceptors (Lipinski definition) is 2. The van der Waals surface area contributed by atoms with Gasteiger partial charge >= 0.3 is 0 Å². The number of ketones is 1. The summed E-state index contributed by atoms with van der Waals surface area (Å²) in [4.78, 5) is 12.0. The summed E-state index contributed by atoms with van der Waals surface area (Å²) in [5, 5.41) is 0. The highest BCUT2D eigenvalue weighted by Gasteiger charge is 2.21. The van der Waals surface area contributed by atoms with Crippen LogP contribution in [0.4, 0.5) is 23.2 Å². The first-order valence-electron chi connectivity index (χ1n) is 5.56. The summed E-state index contributed by atoms with van der Waals surface area (Å²) in [6.07, 6.45) is 0. The van der Waals surface area contributed by atoms with Crippen molar-refractivity contribution in [1.29, 1.82) is 0 Å². The van der Waals surface area contributed by atoms with Gasteiger partial charge in [-0.1, -0.05) is 0 Å². The summed E-state index contributed by atoms with van der Waals surface area (Å²) in [6.45, 7) is 1.32. The average Bonchev–Trinajstić information content (AvgIpc) is 2.37. The van der Waals surface area contributed by atoms with Crippen LogP contribution in [0.5, 0.6) is 0 Å². The fraction of sp³-hybridized carbons (Fsp3) is 0.0714. The topological polar surface area (TPSA) is 43.1 Å². The molecular formula is C14H9F4NO. The zero-order chi connectivity index (χ0) is 15.0. The van der Waals surface area contributed by atoms with E-state index in [4.69, 9.17) is 5.73 Å². The molecule has 0 spiro atoms. The molecule has 20 heavy (non-hydrogen) atoms. The fourth-order valence-electron chi connectivity index (χ4n) is 1.71. The van der Waals surface area contributed by atoms with Crippen molar-refractivity contribution in [3.8, 4) is 0 Å². The van der Waals surface area contributed by atoms with Gasteiger partial charge in [0, 0.05) is 6.07 Å². The first-order chi connectivity index (χ1) is 9.31. The number of nitrogen functional groups attached to an aromatic ring is 1. The molecule has 0 bridgehead atoms. The molecule has 0 unspecified atom stereocenters. The van der Waals surface area contributed by atoms with Gasteiger partial charge in [0.2, 0.25) is 0 Å². The standard InChI is InChI=1S/C14H9F4NO/c1-6-2-10(16)7(3-9(6)15)14(20)8-4-13(19)12(18)5-11(8)17/h2-5H,19H2,1H3. The largest absolute Gasteiger partial charge is 0.396 e. The molecule has 2 N–H and O–H groups in total. The molecule has 0 saturated heterocycles. The van der Waals surface area contributed by atoms with Crippen LogP contribution in [-0.4, -0.2) is 5.78 Å². The molecule has 0 saturated carbocycles. The van der Waals surface area contributed by atoms with Gasteiger partial charge in [0.25, 0.3) is 0 Å². The minimum atomic E-state index is -1.19. The quantitative estimate of drug-likeness (QED) is 0.521. The highest BCUT2D eigenvalue weighted by atomic mass is 19.1. The molecule has 2 aromatic carbocycles. The molecule has 0 amide bonds. The van der Waals surface area contributed by atoms with Crippen LogP contribution in [0.3, 0.4) is 0 Å². The molecule has 0 aliphatic rings. The third-order valence-electron chi connectivity index (χ3n) is 2.82. The lowest BCUT2D eigenvalue weighted by atomic mass is 10.00. The molecule has 0 aliphatic heterocycles. The molecule has 0 aromatic heterocycles. The van der Waals surface area contributed by atoms with Gasteiger partial charge in [0.15, 0.2) is 5.78 Å². The Morgan fingerprint density at radius 1 is 0.850 bits per heavy atom. The molecule has 0 heterocycles. The second-order valence-corrected chi connectivity index (χ2v) is 4.26. The summed E-state index contributed by atoms with van der Waals surface area (Å²) in [6, 6.07) is 2.68. The third-order valence-corrected chi connectivity index (χ3v) is 2.82. The van der Waals surface area contributed by atoms with E-state index in [1.807, 2.05) is 0 Å². The number of carbonyl (C=O) groups is 1. The van der Waals surface area contributed by atoms with Crippen molar-refractivity contribution in [2.75, 3.05) is 5.73 Å². The fourth-order valence-corrected chi connectivity index (χ4v) is 1.71. The van der Waals surface area contributed by atoms with E-state index in [2.05, 4.69) is 0 Å². The van der Waals surface area contributed by atoms with Gasteiger partial charge in [-0.15, -0.1) is 0 Å². The van der Waals surface area contributed by atoms with Crippen molar-refractivity contribution in [2.45, 2.75) is 6.92 Å². The van der Waals surface area contributed by atoms with Crippen LogP contribution in [-0.2, 0) is 0 Å². The van der Waals surface area contributed by atoms with Gasteiger partial charge in [0.05, 0.1) is 16.8 Å². The van der Waals surface area contributed by atoms with Crippen LogP contribution in [0.2, 0.25) is 0 Å². The molecule has 0 aliphatic carbocycles. The van der Waals surface area contributed by atoms with Crippen LogP contribution in [0.1, 0.15) is 21.5 Å². The van der Waals surface area contributed by atoms with Crippen molar-refractivity contribution in [3.63, 3.8) is 0 Å². The van der Waals surface area contributed by atoms with Crippen molar-refractivity contribution in [3.05, 3.63) is 64.2 Å². The minimum Gasteiger partial charge on any atom is -0.396 e. The van der Waals surface area contributed by atoms with E-state index in [1.165, 1.54) is 6.92 Å². The smallest absolute Gasteiger partial charge is 0.199 e. The van der Waals surface area contributed by atoms with Gasteiger partial charge < -0.3 is 5.73 Å². The lowest BCUT2D eigenvalue weighted by molar-refractivity contribution is 0.103. The van der Waals surface area contributed by atoms with Crippen molar-refractivity contribution >= 4 is 11.5 Å². The van der Waals surface area contributed by atoms with Crippen LogP contribution in [0.15, 0.2) is 24.3 Å². The van der Waals surface area contributed by atoms with E-state index in [0.29, 0.717) is 12.1 Å². The Morgan fingerprint density at radius 3 is 2.05 bits per heavy atom. The Hall–Kier alpha value is -2.37. The van der Waals surface area contributed by atoms with Crippen molar-refractivity contribution < 1.29 is 22.4 Å². The van der Waals surface area contributed by atoms with Gasteiger partial charge in [-0.2, -0.15) is 0 Å². The number of rotatable bonds is 2. The maximum atomic E-state index is 13.7. The van der Waals surface area contributed by atoms with Gasteiger partial charge in [-0.3, -0.25) is 4.79 Å². The summed E-state index contributed by atoms with van der Waals surface area (Å²) < 4.78 is 53.6. The van der Waals surface area contributed by atoms with E-state index < -0.39 is 45.9 Å². The Balaban J connectivity index is 2.57. The Morgan fingerprint density at radius 2 is 1.40 bits per heavy atom. The lowest BCUT2D eigenvalue weighted by Gasteiger charge is -2.07. The molecule has 104 valence electrons. The number of carbonyl (C=O) groups excluding carboxylic acids is 1. The third kappa shape index (κ3) is 2.36. The van der Waals surface area contributed by atoms with E-state index in [1.54, 1.807) is 0 Å². The van der Waals surface area contributed by atoms with Crippen LogP contribution >= 0.6 is 0 Å². The van der Waals surface area contributed by atoms with Gasteiger partial charge in [-0.25, -0.2) is 17.6 Å². The van der Waals surface area contributed by atoms with Crippen LogP contribution in [0.25, 0.3) is 0 Å². The molecule has 0 fully saturated rings. The van der Waals surface area contributed by atoms with E-state index in [0.717, 1.165) is 12.1 Å². The zero-order valence-electron chi connectivity index (χ0n) is 10.3. The first kappa shape index (κ1) is 14.0. The highest BCUT2D eigenvalue weighted by Crippen LogP contribution is 2.22. The predicted octanol–water partition coefficient (Wildman–Crippen LogP) is 3.36. The van der Waals surface area contributed by atoms with Crippen molar-refractivity contribution in [1.82, 2.24) is 0 Å². The molecule has 2 nitrogen and oxygen atoms in total. The molecule has 0 radical (unpaired) electrons. The summed E-state index contributed by atoms with van der Waals surface area (Å²) in [7, 11) is 0. The van der Waals surface area contributed by atoms with Crippen LogP contribution < -0.4 is 5.73 Å². The number of hydrogen-bond donors (Lipinski definition) is 1. The SMILES string of the molecule is Cc1cc(F)c(C(=O)c2cc(N)c(F)cc2F)cc1F.